The van der Waals surface area contributed by atoms with Crippen LogP contribution >= 0.6 is 0 Å². The summed E-state index contributed by atoms with van der Waals surface area (Å²) in [5, 5.41) is 19.4. The molecule has 0 radical (unpaired) electrons. The van der Waals surface area contributed by atoms with Crippen LogP contribution in [0, 0.1) is 28.6 Å². The largest absolute Gasteiger partial charge is 0.383 e. The zero-order chi connectivity index (χ0) is 18.7. The Morgan fingerprint density at radius 3 is 2.50 bits per heavy atom. The molecule has 3 saturated carbocycles. The highest BCUT2D eigenvalue weighted by atomic mass is 16.3. The molecule has 4 rings (SSSR count). The second-order valence-electron chi connectivity index (χ2n) is 9.69. The molecule has 4 aliphatic rings. The predicted octanol–water partition coefficient (Wildman–Crippen LogP) is 3.33. The summed E-state index contributed by atoms with van der Waals surface area (Å²) in [5.74, 6) is 13.1. The summed E-state index contributed by atoms with van der Waals surface area (Å²) in [6.45, 7) is 6.67. The molecule has 4 aliphatic carbocycles. The van der Waals surface area contributed by atoms with E-state index in [0.717, 1.165) is 44.2 Å². The number of hydrogen-bond acceptors (Lipinski definition) is 5. The van der Waals surface area contributed by atoms with Gasteiger partial charge in [0, 0.05) is 5.41 Å². The lowest BCUT2D eigenvalue weighted by atomic mass is 9.46. The van der Waals surface area contributed by atoms with Crippen molar-refractivity contribution in [2.45, 2.75) is 77.7 Å². The third kappa shape index (κ3) is 2.12. The van der Waals surface area contributed by atoms with Gasteiger partial charge in [0.2, 0.25) is 0 Å². The van der Waals surface area contributed by atoms with Gasteiger partial charge in [-0.15, -0.1) is 0 Å². The number of hydrogen-bond donors (Lipinski definition) is 3. The first-order valence-electron chi connectivity index (χ1n) is 10.3. The van der Waals surface area contributed by atoms with Gasteiger partial charge in [0.25, 0.3) is 0 Å². The quantitative estimate of drug-likeness (QED) is 0.381. The summed E-state index contributed by atoms with van der Waals surface area (Å²) >= 11 is 0. The van der Waals surface area contributed by atoms with Gasteiger partial charge in [-0.05, 0) is 87.5 Å². The van der Waals surface area contributed by atoms with Gasteiger partial charge in [0.1, 0.15) is 5.60 Å². The van der Waals surface area contributed by atoms with Gasteiger partial charge < -0.3 is 16.8 Å². The van der Waals surface area contributed by atoms with E-state index < -0.39 is 5.60 Å². The molecule has 0 heterocycles. The van der Waals surface area contributed by atoms with Crippen molar-refractivity contribution in [3.8, 4) is 0 Å². The van der Waals surface area contributed by atoms with Gasteiger partial charge in [0.05, 0.1) is 11.4 Å². The Morgan fingerprint density at radius 1 is 1.08 bits per heavy atom. The molecule has 0 amide bonds. The van der Waals surface area contributed by atoms with Crippen LogP contribution in [0.2, 0.25) is 0 Å². The van der Waals surface area contributed by atoms with Crippen LogP contribution in [0.25, 0.3) is 0 Å². The van der Waals surface area contributed by atoms with Crippen molar-refractivity contribution in [3.63, 3.8) is 0 Å². The molecule has 144 valence electrons. The second-order valence-corrected chi connectivity index (χ2v) is 9.69. The van der Waals surface area contributed by atoms with Crippen LogP contribution in [-0.4, -0.2) is 22.1 Å². The fourth-order valence-electron chi connectivity index (χ4n) is 7.39. The van der Waals surface area contributed by atoms with Crippen molar-refractivity contribution < 1.29 is 5.11 Å². The fraction of sp³-hybridized carbons (Fsp3) is 0.810. The third-order valence-corrected chi connectivity index (χ3v) is 9.09. The number of aliphatic hydroxyl groups is 1. The van der Waals surface area contributed by atoms with E-state index in [1.54, 1.807) is 5.57 Å². The first kappa shape index (κ1) is 18.0. The summed E-state index contributed by atoms with van der Waals surface area (Å²) in [5.41, 5.74) is 2.67. The molecule has 0 aromatic carbocycles. The minimum absolute atomic E-state index is 0.1000. The van der Waals surface area contributed by atoms with Crippen LogP contribution in [-0.2, 0) is 0 Å². The van der Waals surface area contributed by atoms with Crippen molar-refractivity contribution in [1.29, 1.82) is 0 Å². The Hall–Kier alpha value is -1.36. The standard InChI is InChI=1S/C21H34N4O/c1-13(24-22)21(26)11-8-18-16-5-4-14-12-15(25-23)6-9-19(14,2)17(16)7-10-20(18,21)3/h12,16-18,26H,4-11,22-23H2,1-3H3/b24-13+,25-15+/t16-,17-,18-,19-,20-,21-/m0/s1. The maximum absolute atomic E-state index is 11.5. The summed E-state index contributed by atoms with van der Waals surface area (Å²) in [7, 11) is 0. The number of allylic oxidation sites excluding steroid dienone is 2. The number of rotatable bonds is 1. The predicted molar refractivity (Wildman–Crippen MR) is 106 cm³/mol. The molecule has 0 bridgehead atoms. The van der Waals surface area contributed by atoms with E-state index in [-0.39, 0.29) is 10.8 Å². The van der Waals surface area contributed by atoms with Gasteiger partial charge in [-0.1, -0.05) is 19.4 Å². The Bertz CT molecular complexity index is 698. The first-order valence-corrected chi connectivity index (χ1v) is 10.3. The smallest absolute Gasteiger partial charge is 0.110 e. The molecule has 6 atom stereocenters. The molecular weight excluding hydrogens is 324 g/mol. The zero-order valence-corrected chi connectivity index (χ0v) is 16.5. The average molecular weight is 359 g/mol. The van der Waals surface area contributed by atoms with Gasteiger partial charge in [-0.3, -0.25) is 0 Å². The SMILES string of the molecule is C/C(=N\N)[C@@]1(O)CC[C@H]2[C@H]3CCC4=C/C(=N/N)CC[C@]4(C)[C@H]3CC[C@@]21C. The van der Waals surface area contributed by atoms with Crippen molar-refractivity contribution in [3.05, 3.63) is 11.6 Å². The van der Waals surface area contributed by atoms with E-state index in [9.17, 15) is 5.11 Å². The van der Waals surface area contributed by atoms with Gasteiger partial charge in [0.15, 0.2) is 0 Å². The number of hydrazone groups is 2. The van der Waals surface area contributed by atoms with Crippen LogP contribution in [0.5, 0.6) is 0 Å². The van der Waals surface area contributed by atoms with E-state index in [1.165, 1.54) is 12.8 Å². The van der Waals surface area contributed by atoms with E-state index in [0.29, 0.717) is 23.5 Å². The second kappa shape index (κ2) is 5.82. The molecule has 5 N–H and O–H groups in total. The maximum Gasteiger partial charge on any atom is 0.110 e. The minimum Gasteiger partial charge on any atom is -0.383 e. The van der Waals surface area contributed by atoms with Crippen molar-refractivity contribution in [1.82, 2.24) is 0 Å². The maximum atomic E-state index is 11.5. The number of nitrogens with zero attached hydrogens (tertiary/aromatic N) is 2. The molecule has 26 heavy (non-hydrogen) atoms. The Kier molecular flexibility index (Phi) is 4.03. The van der Waals surface area contributed by atoms with Gasteiger partial charge >= 0.3 is 0 Å². The molecule has 5 heteroatoms. The highest BCUT2D eigenvalue weighted by Gasteiger charge is 2.64. The lowest BCUT2D eigenvalue weighted by Crippen LogP contribution is -2.57. The molecule has 0 aliphatic heterocycles. The lowest BCUT2D eigenvalue weighted by molar-refractivity contribution is -0.0945. The molecule has 0 saturated heterocycles. The molecule has 0 aromatic heterocycles. The molecule has 0 unspecified atom stereocenters. The summed E-state index contributed by atoms with van der Waals surface area (Å²) in [6.07, 6.45) is 10.9. The van der Waals surface area contributed by atoms with Crippen molar-refractivity contribution >= 4 is 11.4 Å². The van der Waals surface area contributed by atoms with Crippen molar-refractivity contribution in [2.75, 3.05) is 0 Å². The molecular formula is C21H34N4O. The molecule has 0 spiro atoms. The van der Waals surface area contributed by atoms with E-state index in [1.807, 2.05) is 6.92 Å². The fourth-order valence-corrected chi connectivity index (χ4v) is 7.39. The molecule has 3 fully saturated rings. The number of nitrogens with two attached hydrogens (primary N) is 2. The summed E-state index contributed by atoms with van der Waals surface area (Å²) in [4.78, 5) is 0. The van der Waals surface area contributed by atoms with Crippen LogP contribution in [0.1, 0.15) is 72.1 Å². The average Bonchev–Trinajstić information content (AvgIpc) is 2.92. The third-order valence-electron chi connectivity index (χ3n) is 9.09. The highest BCUT2D eigenvalue weighted by Crippen LogP contribution is 2.67. The van der Waals surface area contributed by atoms with E-state index in [2.05, 4.69) is 30.1 Å². The van der Waals surface area contributed by atoms with Crippen LogP contribution in [0.15, 0.2) is 21.9 Å². The molecule has 5 nitrogen and oxygen atoms in total. The zero-order valence-electron chi connectivity index (χ0n) is 16.5. The monoisotopic (exact) mass is 358 g/mol. The highest BCUT2D eigenvalue weighted by molar-refractivity contribution is 5.96. The van der Waals surface area contributed by atoms with E-state index in [4.69, 9.17) is 11.7 Å². The van der Waals surface area contributed by atoms with Gasteiger partial charge in [-0.2, -0.15) is 10.2 Å². The van der Waals surface area contributed by atoms with Crippen LogP contribution < -0.4 is 11.7 Å². The normalized spacial score (nSPS) is 50.0. The summed E-state index contributed by atoms with van der Waals surface area (Å²) in [6, 6.07) is 0. The topological polar surface area (TPSA) is 97.0 Å². The van der Waals surface area contributed by atoms with Crippen LogP contribution in [0.3, 0.4) is 0 Å². The van der Waals surface area contributed by atoms with Crippen LogP contribution in [0.4, 0.5) is 0 Å². The van der Waals surface area contributed by atoms with Crippen molar-refractivity contribution in [2.24, 2.45) is 50.5 Å². The Balaban J connectivity index is 1.68. The Labute approximate surface area is 157 Å². The number of fused-ring (bicyclic) bond motifs is 5. The Morgan fingerprint density at radius 2 is 1.81 bits per heavy atom. The van der Waals surface area contributed by atoms with E-state index >= 15 is 0 Å². The minimum atomic E-state index is -0.833. The molecule has 0 aromatic rings. The lowest BCUT2D eigenvalue weighted by Gasteiger charge is -2.59. The van der Waals surface area contributed by atoms with Gasteiger partial charge in [-0.25, -0.2) is 0 Å². The summed E-state index contributed by atoms with van der Waals surface area (Å²) < 4.78 is 0. The first-order chi connectivity index (χ1) is 12.3.